The van der Waals surface area contributed by atoms with Crippen LogP contribution in [-0.2, 0) is 19.6 Å². The summed E-state index contributed by atoms with van der Waals surface area (Å²) in [6.45, 7) is 1.68. The van der Waals surface area contributed by atoms with Crippen molar-refractivity contribution in [3.63, 3.8) is 0 Å². The molecule has 7 heteroatoms. The minimum atomic E-state index is -3.92. The summed E-state index contributed by atoms with van der Waals surface area (Å²) in [5.41, 5.74) is 0. The second-order valence-corrected chi connectivity index (χ2v) is 3.79. The van der Waals surface area contributed by atoms with Crippen LogP contribution >= 0.6 is 0 Å². The van der Waals surface area contributed by atoms with E-state index in [9.17, 15) is 13.2 Å². The van der Waals surface area contributed by atoms with Crippen LogP contribution in [-0.4, -0.2) is 60.9 Å². The van der Waals surface area contributed by atoms with Gasteiger partial charge in [0.05, 0.1) is 12.4 Å². The Bertz CT molecular complexity index is 235. The van der Waals surface area contributed by atoms with E-state index in [1.165, 1.54) is 0 Å². The average molecular weight is 219 g/mol. The third-order valence-electron chi connectivity index (χ3n) is 1.10. The van der Waals surface area contributed by atoms with Crippen LogP contribution in [0, 0.1) is 0 Å². The Labute approximate surface area is 99.9 Å². The molecule has 0 heterocycles. The van der Waals surface area contributed by atoms with Gasteiger partial charge in [0.2, 0.25) is 0 Å². The predicted molar refractivity (Wildman–Crippen MR) is 48.0 cm³/mol. The maximum absolute atomic E-state index is 10.5. The molecule has 0 spiro atoms. The van der Waals surface area contributed by atoms with E-state index in [1.807, 2.05) is 0 Å². The van der Waals surface area contributed by atoms with Crippen LogP contribution < -0.4 is 0 Å². The van der Waals surface area contributed by atoms with E-state index in [0.29, 0.717) is 0 Å². The van der Waals surface area contributed by atoms with Gasteiger partial charge < -0.3 is 4.74 Å². The van der Waals surface area contributed by atoms with Crippen LogP contribution in [0.5, 0.6) is 0 Å². The summed E-state index contributed by atoms with van der Waals surface area (Å²) in [6, 6.07) is 0. The zero-order valence-corrected chi connectivity index (χ0v) is 10.6. The molecule has 73 valence electrons. The van der Waals surface area contributed by atoms with Gasteiger partial charge in [0.25, 0.3) is 10.1 Å². The fourth-order valence-electron chi connectivity index (χ4n) is 0.529. The molecule has 0 amide bonds. The van der Waals surface area contributed by atoms with Crippen molar-refractivity contribution >= 4 is 45.6 Å². The van der Waals surface area contributed by atoms with E-state index in [1.54, 1.807) is 6.92 Å². The Morgan fingerprint density at radius 1 is 1.46 bits per heavy atom. The van der Waals surface area contributed by atoms with E-state index < -0.39 is 10.1 Å². The topological polar surface area (TPSA) is 80.7 Å². The van der Waals surface area contributed by atoms with Crippen molar-refractivity contribution in [2.24, 2.45) is 0 Å². The van der Waals surface area contributed by atoms with Crippen molar-refractivity contribution in [1.29, 1.82) is 0 Å². The molecule has 0 aliphatic rings. The summed E-state index contributed by atoms with van der Waals surface area (Å²) in [7, 11) is -3.92. The molecule has 5 nitrogen and oxygen atoms in total. The maximum Gasteiger partial charge on any atom is 0.305 e. The number of esters is 1. The van der Waals surface area contributed by atoms with E-state index in [-0.39, 0.29) is 60.7 Å². The van der Waals surface area contributed by atoms with Crippen LogP contribution in [0.15, 0.2) is 0 Å². The zero-order valence-electron chi connectivity index (χ0n) is 7.82. The van der Waals surface area contributed by atoms with Crippen molar-refractivity contribution < 1.29 is 22.5 Å². The minimum Gasteiger partial charge on any atom is -0.466 e. The van der Waals surface area contributed by atoms with Crippen molar-refractivity contribution in [3.8, 4) is 0 Å². The first kappa shape index (κ1) is 15.8. The van der Waals surface area contributed by atoms with Gasteiger partial charge in [-0.05, 0) is 6.42 Å². The molecule has 0 unspecified atom stereocenters. The van der Waals surface area contributed by atoms with Crippen molar-refractivity contribution in [1.82, 2.24) is 0 Å². The molecule has 0 aromatic rings. The number of hydrogen-bond donors (Lipinski definition) is 1. The van der Waals surface area contributed by atoms with Crippen LogP contribution in [0.3, 0.4) is 0 Å². The third-order valence-corrected chi connectivity index (χ3v) is 1.90. The molecule has 1 N–H and O–H groups in total. The Balaban J connectivity index is 0. The first-order valence-electron chi connectivity index (χ1n) is 3.56. The van der Waals surface area contributed by atoms with E-state index in [4.69, 9.17) is 4.55 Å². The molecular weight excluding hydrogens is 207 g/mol. The van der Waals surface area contributed by atoms with Crippen LogP contribution in [0.4, 0.5) is 0 Å². The normalized spacial score (nSPS) is 10.3. The van der Waals surface area contributed by atoms with Gasteiger partial charge in [-0.15, -0.1) is 0 Å². The summed E-state index contributed by atoms with van der Waals surface area (Å²) in [4.78, 5) is 10.5. The van der Waals surface area contributed by atoms with Gasteiger partial charge in [0.1, 0.15) is 0 Å². The van der Waals surface area contributed by atoms with Gasteiger partial charge in [-0.2, -0.15) is 8.42 Å². The summed E-state index contributed by atoms with van der Waals surface area (Å²) in [5.74, 6) is -0.741. The van der Waals surface area contributed by atoms with Crippen LogP contribution in [0.25, 0.3) is 0 Å². The standard InChI is InChI=1S/C6H12O5S.Na/c1-2-6(7)11-4-3-5-12(8,9)10;/h2-5H2,1H3,(H,8,9,10);. The van der Waals surface area contributed by atoms with Gasteiger partial charge in [0, 0.05) is 36.0 Å². The van der Waals surface area contributed by atoms with Gasteiger partial charge in [0.15, 0.2) is 0 Å². The Morgan fingerprint density at radius 2 is 2.00 bits per heavy atom. The summed E-state index contributed by atoms with van der Waals surface area (Å²) >= 11 is 0. The molecule has 0 atom stereocenters. The van der Waals surface area contributed by atoms with Gasteiger partial charge in [-0.25, -0.2) is 0 Å². The molecule has 0 aliphatic carbocycles. The first-order valence-corrected chi connectivity index (χ1v) is 5.17. The smallest absolute Gasteiger partial charge is 0.305 e. The van der Waals surface area contributed by atoms with E-state index in [2.05, 4.69) is 4.74 Å². The van der Waals surface area contributed by atoms with Gasteiger partial charge in [-0.1, -0.05) is 6.92 Å². The quantitative estimate of drug-likeness (QED) is 0.300. The summed E-state index contributed by atoms with van der Waals surface area (Å²) < 4.78 is 33.2. The second kappa shape index (κ2) is 7.75. The van der Waals surface area contributed by atoms with E-state index in [0.717, 1.165) is 0 Å². The fourth-order valence-corrected chi connectivity index (χ4v) is 1.01. The Morgan fingerprint density at radius 3 is 2.38 bits per heavy atom. The average Bonchev–Trinajstić information content (AvgIpc) is 1.96. The largest absolute Gasteiger partial charge is 0.466 e. The van der Waals surface area contributed by atoms with E-state index >= 15 is 0 Å². The van der Waals surface area contributed by atoms with Crippen molar-refractivity contribution in [2.45, 2.75) is 19.8 Å². The molecule has 0 saturated carbocycles. The molecule has 0 saturated heterocycles. The SMILES string of the molecule is CCC(=O)OCCCS(=O)(=O)O.[Na]. The van der Waals surface area contributed by atoms with Crippen molar-refractivity contribution in [2.75, 3.05) is 12.4 Å². The molecule has 0 aromatic carbocycles. The molecule has 13 heavy (non-hydrogen) atoms. The summed E-state index contributed by atoms with van der Waals surface area (Å²) in [6.07, 6.45) is 0.399. The van der Waals surface area contributed by atoms with Crippen molar-refractivity contribution in [3.05, 3.63) is 0 Å². The number of rotatable bonds is 5. The maximum atomic E-state index is 10.5. The number of ether oxygens (including phenoxy) is 1. The third kappa shape index (κ3) is 12.4. The predicted octanol–water partition coefficient (Wildman–Crippen LogP) is -0.163. The van der Waals surface area contributed by atoms with Gasteiger partial charge >= 0.3 is 5.97 Å². The van der Waals surface area contributed by atoms with Crippen LogP contribution in [0.2, 0.25) is 0 Å². The fraction of sp³-hybridized carbons (Fsp3) is 0.833. The first-order chi connectivity index (χ1) is 5.45. The Kier molecular flexibility index (Phi) is 9.44. The monoisotopic (exact) mass is 219 g/mol. The molecule has 0 aliphatic heterocycles. The number of carbonyl (C=O) groups is 1. The summed E-state index contributed by atoms with van der Waals surface area (Å²) in [5, 5.41) is 0. The molecule has 1 radical (unpaired) electrons. The zero-order chi connectivity index (χ0) is 9.61. The van der Waals surface area contributed by atoms with Gasteiger partial charge in [-0.3, -0.25) is 9.35 Å². The number of hydrogen-bond acceptors (Lipinski definition) is 4. The number of carbonyl (C=O) groups excluding carboxylic acids is 1. The molecule has 0 bridgehead atoms. The van der Waals surface area contributed by atoms with Crippen LogP contribution in [0.1, 0.15) is 19.8 Å². The molecule has 0 fully saturated rings. The Hall–Kier alpha value is 0.380. The molecular formula is C6H12NaO5S. The second-order valence-electron chi connectivity index (χ2n) is 2.21. The minimum absolute atomic E-state index is 0. The molecule has 0 aromatic heterocycles. The molecule has 0 rings (SSSR count).